The number of nitrogens with one attached hydrogen (secondary N) is 1. The lowest BCUT2D eigenvalue weighted by Crippen LogP contribution is -2.33. The molecule has 0 radical (unpaired) electrons. The molecule has 5 nitrogen and oxygen atoms in total. The van der Waals surface area contributed by atoms with Crippen LogP contribution in [0.4, 0.5) is 0 Å². The van der Waals surface area contributed by atoms with E-state index in [1.54, 1.807) is 6.20 Å². The Morgan fingerprint density at radius 3 is 3.07 bits per heavy atom. The Hall–Kier alpha value is -1.36. The van der Waals surface area contributed by atoms with Crippen molar-refractivity contribution in [3.8, 4) is 0 Å². The molecule has 0 aromatic carbocycles. The minimum atomic E-state index is -0.608. The van der Waals surface area contributed by atoms with Crippen LogP contribution in [0.1, 0.15) is 24.6 Å². The molecule has 0 bridgehead atoms. The van der Waals surface area contributed by atoms with Crippen LogP contribution >= 0.6 is 0 Å². The Morgan fingerprint density at radius 1 is 1.73 bits per heavy atom. The Morgan fingerprint density at radius 2 is 2.47 bits per heavy atom. The van der Waals surface area contributed by atoms with Crippen LogP contribution in [0.2, 0.25) is 0 Å². The normalized spacial score (nSPS) is 12.5. The molecule has 1 heterocycles. The van der Waals surface area contributed by atoms with Crippen molar-refractivity contribution in [1.82, 2.24) is 10.2 Å². The molecule has 1 rings (SSSR count). The van der Waals surface area contributed by atoms with Crippen LogP contribution in [0.3, 0.4) is 0 Å². The largest absolute Gasteiger partial charge is 0.468 e. The smallest absolute Gasteiger partial charge is 0.322 e. The molecule has 84 valence electrons. The van der Waals surface area contributed by atoms with Crippen molar-refractivity contribution < 1.29 is 9.53 Å². The summed E-state index contributed by atoms with van der Waals surface area (Å²) in [5.41, 5.74) is 7.72. The third-order valence-electron chi connectivity index (χ3n) is 2.25. The molecule has 0 fully saturated rings. The molecule has 0 aliphatic rings. The van der Waals surface area contributed by atoms with E-state index in [4.69, 9.17) is 5.73 Å². The molecule has 0 aliphatic carbocycles. The highest BCUT2D eigenvalue weighted by Crippen LogP contribution is 2.09. The summed E-state index contributed by atoms with van der Waals surface area (Å²) in [5, 5.41) is 6.86. The highest BCUT2D eigenvalue weighted by molar-refractivity contribution is 5.75. The minimum Gasteiger partial charge on any atom is -0.468 e. The number of rotatable bonds is 5. The number of aromatic nitrogens is 2. The Balaban J connectivity index is 2.63. The Bertz CT molecular complexity index is 322. The van der Waals surface area contributed by atoms with Crippen LogP contribution in [0.15, 0.2) is 6.20 Å². The van der Waals surface area contributed by atoms with Crippen molar-refractivity contribution >= 4 is 5.97 Å². The molecule has 0 saturated carbocycles. The van der Waals surface area contributed by atoms with Crippen LogP contribution in [0.25, 0.3) is 0 Å². The first kappa shape index (κ1) is 11.7. The van der Waals surface area contributed by atoms with Crippen molar-refractivity contribution in [2.75, 3.05) is 7.11 Å². The lowest BCUT2D eigenvalue weighted by atomic mass is 10.1. The topological polar surface area (TPSA) is 81.0 Å². The van der Waals surface area contributed by atoms with Crippen molar-refractivity contribution in [2.24, 2.45) is 5.73 Å². The molecule has 1 aromatic rings. The van der Waals surface area contributed by atoms with Gasteiger partial charge in [-0.15, -0.1) is 0 Å². The van der Waals surface area contributed by atoms with Crippen molar-refractivity contribution in [3.63, 3.8) is 0 Å². The summed E-state index contributed by atoms with van der Waals surface area (Å²) in [6.45, 7) is 2.09. The fourth-order valence-electron chi connectivity index (χ4n) is 1.45. The molecule has 1 atom stereocenters. The van der Waals surface area contributed by atoms with E-state index >= 15 is 0 Å². The van der Waals surface area contributed by atoms with E-state index in [0.717, 1.165) is 24.1 Å². The quantitative estimate of drug-likeness (QED) is 0.691. The zero-order valence-electron chi connectivity index (χ0n) is 9.12. The number of nitrogens with two attached hydrogens (primary N) is 1. The Kier molecular flexibility index (Phi) is 4.30. The number of nitrogens with zero attached hydrogens (tertiary/aromatic N) is 1. The standard InChI is InChI=1S/C10H17N3O2/c1-3-4-9-7(6-12-13-9)5-8(11)10(14)15-2/h6,8H,3-5,11H2,1-2H3,(H,12,13). The number of esters is 1. The van der Waals surface area contributed by atoms with Gasteiger partial charge in [0.15, 0.2) is 0 Å². The lowest BCUT2D eigenvalue weighted by molar-refractivity contribution is -0.142. The maximum atomic E-state index is 11.1. The molecular weight excluding hydrogens is 194 g/mol. The van der Waals surface area contributed by atoms with Gasteiger partial charge in [-0.1, -0.05) is 13.3 Å². The van der Waals surface area contributed by atoms with Crippen LogP contribution < -0.4 is 5.73 Å². The zero-order chi connectivity index (χ0) is 11.3. The van der Waals surface area contributed by atoms with Gasteiger partial charge in [-0.3, -0.25) is 9.89 Å². The van der Waals surface area contributed by atoms with E-state index in [9.17, 15) is 4.79 Å². The molecule has 0 saturated heterocycles. The fraction of sp³-hybridized carbons (Fsp3) is 0.600. The highest BCUT2D eigenvalue weighted by atomic mass is 16.5. The van der Waals surface area contributed by atoms with Crippen molar-refractivity contribution in [2.45, 2.75) is 32.2 Å². The van der Waals surface area contributed by atoms with E-state index < -0.39 is 12.0 Å². The molecule has 15 heavy (non-hydrogen) atoms. The van der Waals surface area contributed by atoms with Crippen molar-refractivity contribution in [3.05, 3.63) is 17.5 Å². The predicted molar refractivity (Wildman–Crippen MR) is 56.3 cm³/mol. The van der Waals surface area contributed by atoms with Crippen LogP contribution in [0.5, 0.6) is 0 Å². The number of aromatic amines is 1. The first-order valence-electron chi connectivity index (χ1n) is 5.03. The summed E-state index contributed by atoms with van der Waals surface area (Å²) < 4.78 is 4.57. The molecule has 1 unspecified atom stereocenters. The summed E-state index contributed by atoms with van der Waals surface area (Å²) in [7, 11) is 1.34. The van der Waals surface area contributed by atoms with Crippen LogP contribution in [-0.4, -0.2) is 29.3 Å². The second-order valence-electron chi connectivity index (χ2n) is 3.46. The lowest BCUT2D eigenvalue weighted by Gasteiger charge is -2.08. The highest BCUT2D eigenvalue weighted by Gasteiger charge is 2.16. The summed E-state index contributed by atoms with van der Waals surface area (Å²) in [5.74, 6) is -0.390. The Labute approximate surface area is 89.0 Å². The molecule has 0 aliphatic heterocycles. The van der Waals surface area contributed by atoms with Gasteiger partial charge < -0.3 is 10.5 Å². The first-order valence-corrected chi connectivity index (χ1v) is 5.03. The molecule has 3 N–H and O–H groups in total. The van der Waals surface area contributed by atoms with E-state index in [2.05, 4.69) is 21.9 Å². The first-order chi connectivity index (χ1) is 7.19. The van der Waals surface area contributed by atoms with Gasteiger partial charge in [0.1, 0.15) is 6.04 Å². The molecule has 1 aromatic heterocycles. The summed E-state index contributed by atoms with van der Waals surface area (Å²) in [6, 6.07) is -0.608. The predicted octanol–water partition coefficient (Wildman–Crippen LogP) is 0.405. The monoisotopic (exact) mass is 211 g/mol. The minimum absolute atomic E-state index is 0.390. The second kappa shape index (κ2) is 5.50. The number of aryl methyl sites for hydroxylation is 1. The van der Waals surface area contributed by atoms with E-state index in [1.165, 1.54) is 7.11 Å². The SMILES string of the molecule is CCCc1[nH]ncc1CC(N)C(=O)OC. The van der Waals surface area contributed by atoms with Gasteiger partial charge in [0.05, 0.1) is 13.3 Å². The number of methoxy groups -OCH3 is 1. The van der Waals surface area contributed by atoms with Gasteiger partial charge in [-0.2, -0.15) is 5.10 Å². The van der Waals surface area contributed by atoms with Gasteiger partial charge in [-0.25, -0.2) is 0 Å². The maximum Gasteiger partial charge on any atom is 0.322 e. The summed E-state index contributed by atoms with van der Waals surface area (Å²) in [6.07, 6.45) is 4.14. The van der Waals surface area contributed by atoms with Gasteiger partial charge >= 0.3 is 5.97 Å². The summed E-state index contributed by atoms with van der Waals surface area (Å²) in [4.78, 5) is 11.1. The van der Waals surface area contributed by atoms with Gasteiger partial charge in [0.2, 0.25) is 0 Å². The van der Waals surface area contributed by atoms with E-state index in [-0.39, 0.29) is 0 Å². The van der Waals surface area contributed by atoms with Gasteiger partial charge in [0.25, 0.3) is 0 Å². The molecular formula is C10H17N3O2. The van der Waals surface area contributed by atoms with E-state index in [0.29, 0.717) is 6.42 Å². The second-order valence-corrected chi connectivity index (χ2v) is 3.46. The molecule has 0 spiro atoms. The number of H-pyrrole nitrogens is 1. The molecule has 0 amide bonds. The van der Waals surface area contributed by atoms with Gasteiger partial charge in [0, 0.05) is 12.1 Å². The number of hydrogen-bond donors (Lipinski definition) is 2. The molecule has 5 heteroatoms. The van der Waals surface area contributed by atoms with Crippen LogP contribution in [-0.2, 0) is 22.4 Å². The third kappa shape index (κ3) is 3.06. The zero-order valence-corrected chi connectivity index (χ0v) is 9.12. The number of carbonyl (C=O) groups is 1. The average molecular weight is 211 g/mol. The average Bonchev–Trinajstić information content (AvgIpc) is 2.65. The van der Waals surface area contributed by atoms with Crippen LogP contribution in [0, 0.1) is 0 Å². The maximum absolute atomic E-state index is 11.1. The summed E-state index contributed by atoms with van der Waals surface area (Å²) >= 11 is 0. The van der Waals surface area contributed by atoms with E-state index in [1.807, 2.05) is 0 Å². The third-order valence-corrected chi connectivity index (χ3v) is 2.25. The van der Waals surface area contributed by atoms with Gasteiger partial charge in [-0.05, 0) is 12.0 Å². The fourth-order valence-corrected chi connectivity index (χ4v) is 1.45. The number of hydrogen-bond acceptors (Lipinski definition) is 4. The number of ether oxygens (including phenoxy) is 1. The van der Waals surface area contributed by atoms with Crippen molar-refractivity contribution in [1.29, 1.82) is 0 Å². The number of carbonyl (C=O) groups excluding carboxylic acids is 1.